The molecule has 0 atom stereocenters. The van der Waals surface area contributed by atoms with Crippen LogP contribution in [0.15, 0.2) is 71.2 Å². The summed E-state index contributed by atoms with van der Waals surface area (Å²) in [6.45, 7) is 0.929. The van der Waals surface area contributed by atoms with E-state index in [9.17, 15) is 28.6 Å². The molecule has 0 saturated carbocycles. The second-order valence-electron chi connectivity index (χ2n) is 7.31. The molecule has 1 aliphatic rings. The zero-order chi connectivity index (χ0) is 23.8. The smallest absolute Gasteiger partial charge is 0.276 e. The fourth-order valence-electron chi connectivity index (χ4n) is 3.39. The van der Waals surface area contributed by atoms with E-state index in [4.69, 9.17) is 0 Å². The van der Waals surface area contributed by atoms with Gasteiger partial charge in [-0.05, 0) is 49.3 Å². The number of carbonyl (C=O) groups excluding carboxylic acids is 1. The topological polar surface area (TPSA) is 133 Å². The van der Waals surface area contributed by atoms with E-state index in [2.05, 4.69) is 5.32 Å². The number of hydrogen-bond acceptors (Lipinski definition) is 6. The van der Waals surface area contributed by atoms with Crippen LogP contribution in [0.25, 0.3) is 6.08 Å². The molecule has 1 fully saturated rings. The van der Waals surface area contributed by atoms with Crippen LogP contribution in [0.4, 0.5) is 11.4 Å². The minimum atomic E-state index is -3.67. The summed E-state index contributed by atoms with van der Waals surface area (Å²) < 4.78 is 27.2. The van der Waals surface area contributed by atoms with Gasteiger partial charge in [-0.3, -0.25) is 14.9 Å². The maximum atomic E-state index is 12.9. The minimum absolute atomic E-state index is 0.0703. The zero-order valence-corrected chi connectivity index (χ0v) is 18.5. The predicted molar refractivity (Wildman–Crippen MR) is 124 cm³/mol. The number of hydrogen-bond donors (Lipinski definition) is 1. The van der Waals surface area contributed by atoms with Gasteiger partial charge in [0.1, 0.15) is 11.6 Å². The molecule has 2 aromatic carbocycles. The van der Waals surface area contributed by atoms with Gasteiger partial charge in [0.15, 0.2) is 0 Å². The Morgan fingerprint density at radius 3 is 2.55 bits per heavy atom. The summed E-state index contributed by atoms with van der Waals surface area (Å²) >= 11 is 0. The molecule has 3 rings (SSSR count). The number of piperidine rings is 1. The van der Waals surface area contributed by atoms with E-state index < -0.39 is 20.9 Å². The quantitative estimate of drug-likeness (QED) is 0.216. The van der Waals surface area contributed by atoms with Crippen LogP contribution in [0.2, 0.25) is 0 Å². The Morgan fingerprint density at radius 2 is 1.85 bits per heavy atom. The van der Waals surface area contributed by atoms with Gasteiger partial charge in [0.25, 0.3) is 11.6 Å². The SMILES string of the molecule is N#CC(=CC=Cc1ccccc1[N+](=O)[O-])C(=O)Nc1cccc(S(=O)(=O)N2CCCCC2)c1. The highest BCUT2D eigenvalue weighted by Crippen LogP contribution is 2.23. The molecule has 1 aliphatic heterocycles. The van der Waals surface area contributed by atoms with E-state index in [1.807, 2.05) is 0 Å². The molecular weight excluding hydrogens is 444 g/mol. The average molecular weight is 467 g/mol. The van der Waals surface area contributed by atoms with Gasteiger partial charge < -0.3 is 5.32 Å². The van der Waals surface area contributed by atoms with E-state index in [-0.39, 0.29) is 21.8 Å². The number of nitrogens with one attached hydrogen (secondary N) is 1. The molecule has 0 unspecified atom stereocenters. The third-order valence-corrected chi connectivity index (χ3v) is 6.98. The molecule has 1 saturated heterocycles. The molecule has 1 N–H and O–H groups in total. The van der Waals surface area contributed by atoms with Gasteiger partial charge in [-0.1, -0.05) is 30.7 Å². The van der Waals surface area contributed by atoms with Gasteiger partial charge in [-0.2, -0.15) is 9.57 Å². The number of allylic oxidation sites excluding steroid dienone is 2. The Kier molecular flexibility index (Phi) is 7.71. The molecule has 33 heavy (non-hydrogen) atoms. The summed E-state index contributed by atoms with van der Waals surface area (Å²) in [6.07, 6.45) is 6.65. The Hall–Kier alpha value is -3.81. The van der Waals surface area contributed by atoms with E-state index in [1.54, 1.807) is 24.3 Å². The number of benzene rings is 2. The number of sulfonamides is 1. The summed E-state index contributed by atoms with van der Waals surface area (Å²) in [5.74, 6) is -0.725. The lowest BCUT2D eigenvalue weighted by Gasteiger charge is -2.26. The number of anilines is 1. The molecule has 0 aromatic heterocycles. The van der Waals surface area contributed by atoms with Gasteiger partial charge in [0.05, 0.1) is 15.4 Å². The van der Waals surface area contributed by atoms with Crippen LogP contribution >= 0.6 is 0 Å². The number of nitrogens with zero attached hydrogens (tertiary/aromatic N) is 3. The first kappa shape index (κ1) is 23.8. The van der Waals surface area contributed by atoms with Crippen LogP contribution in [0.3, 0.4) is 0 Å². The zero-order valence-electron chi connectivity index (χ0n) is 17.7. The largest absolute Gasteiger partial charge is 0.321 e. The van der Waals surface area contributed by atoms with Crippen molar-refractivity contribution < 1.29 is 18.1 Å². The molecule has 1 amide bonds. The first-order valence-electron chi connectivity index (χ1n) is 10.3. The summed E-state index contributed by atoms with van der Waals surface area (Å²) in [7, 11) is -3.67. The van der Waals surface area contributed by atoms with Crippen LogP contribution in [0, 0.1) is 21.4 Å². The lowest BCUT2D eigenvalue weighted by atomic mass is 10.1. The van der Waals surface area contributed by atoms with Crippen LogP contribution in [0.5, 0.6) is 0 Å². The first-order chi connectivity index (χ1) is 15.8. The molecule has 0 radical (unpaired) electrons. The number of nitro groups is 1. The molecule has 170 valence electrons. The normalized spacial score (nSPS) is 15.2. The van der Waals surface area contributed by atoms with Crippen molar-refractivity contribution in [2.75, 3.05) is 18.4 Å². The van der Waals surface area contributed by atoms with Crippen molar-refractivity contribution in [3.8, 4) is 6.07 Å². The van der Waals surface area contributed by atoms with Crippen molar-refractivity contribution in [1.82, 2.24) is 4.31 Å². The van der Waals surface area contributed by atoms with Crippen molar-refractivity contribution in [3.05, 3.63) is 81.9 Å². The highest BCUT2D eigenvalue weighted by Gasteiger charge is 2.26. The number of amides is 1. The summed E-state index contributed by atoms with van der Waals surface area (Å²) in [5, 5.41) is 23.0. The Balaban J connectivity index is 1.75. The van der Waals surface area contributed by atoms with Gasteiger partial charge in [0, 0.05) is 24.8 Å². The van der Waals surface area contributed by atoms with Crippen molar-refractivity contribution in [2.24, 2.45) is 0 Å². The fraction of sp³-hybridized carbons (Fsp3) is 0.217. The molecule has 0 bridgehead atoms. The molecule has 1 heterocycles. The maximum absolute atomic E-state index is 12.9. The maximum Gasteiger partial charge on any atom is 0.276 e. The lowest BCUT2D eigenvalue weighted by Crippen LogP contribution is -2.35. The fourth-order valence-corrected chi connectivity index (χ4v) is 4.96. The second-order valence-corrected chi connectivity index (χ2v) is 9.25. The molecular formula is C23H22N4O5S. The average Bonchev–Trinajstić information content (AvgIpc) is 2.82. The number of nitro benzene ring substituents is 1. The summed E-state index contributed by atoms with van der Waals surface area (Å²) in [6, 6.07) is 13.7. The van der Waals surface area contributed by atoms with Gasteiger partial charge in [0.2, 0.25) is 10.0 Å². The second kappa shape index (κ2) is 10.7. The van der Waals surface area contributed by atoms with Crippen LogP contribution < -0.4 is 5.32 Å². The van der Waals surface area contributed by atoms with Crippen LogP contribution in [0.1, 0.15) is 24.8 Å². The first-order valence-corrected chi connectivity index (χ1v) is 11.7. The summed E-state index contributed by atoms with van der Waals surface area (Å²) in [5.41, 5.74) is 0.222. The lowest BCUT2D eigenvalue weighted by molar-refractivity contribution is -0.385. The van der Waals surface area contributed by atoms with Gasteiger partial charge >= 0.3 is 0 Å². The van der Waals surface area contributed by atoms with Gasteiger partial charge in [-0.25, -0.2) is 8.42 Å². The van der Waals surface area contributed by atoms with Crippen molar-refractivity contribution in [1.29, 1.82) is 5.26 Å². The van der Waals surface area contributed by atoms with Crippen LogP contribution in [-0.2, 0) is 14.8 Å². The van der Waals surface area contributed by atoms with Crippen molar-refractivity contribution in [2.45, 2.75) is 24.2 Å². The number of rotatable bonds is 7. The predicted octanol–water partition coefficient (Wildman–Crippen LogP) is 3.87. The van der Waals surface area contributed by atoms with E-state index in [0.29, 0.717) is 18.7 Å². The molecule has 0 spiro atoms. The molecule has 2 aromatic rings. The number of para-hydroxylation sites is 1. The van der Waals surface area contributed by atoms with Crippen molar-refractivity contribution in [3.63, 3.8) is 0 Å². The Labute approximate surface area is 191 Å². The van der Waals surface area contributed by atoms with E-state index in [0.717, 1.165) is 19.3 Å². The third kappa shape index (κ3) is 5.91. The van der Waals surface area contributed by atoms with Crippen LogP contribution in [-0.4, -0.2) is 36.6 Å². The van der Waals surface area contributed by atoms with E-state index >= 15 is 0 Å². The highest BCUT2D eigenvalue weighted by atomic mass is 32.2. The number of carbonyl (C=O) groups is 1. The number of nitriles is 1. The third-order valence-electron chi connectivity index (χ3n) is 5.08. The summed E-state index contributed by atoms with van der Waals surface area (Å²) in [4.78, 5) is 23.1. The standard InChI is InChI=1S/C23H22N4O5S/c24-17-19(10-6-9-18-8-2-3-13-22(18)27(29)30)23(28)25-20-11-7-12-21(16-20)33(31,32)26-14-4-1-5-15-26/h2-3,6-13,16H,1,4-5,14-15H2,(H,25,28). The molecule has 0 aliphatic carbocycles. The van der Waals surface area contributed by atoms with Gasteiger partial charge in [-0.15, -0.1) is 0 Å². The Bertz CT molecular complexity index is 1260. The Morgan fingerprint density at radius 1 is 1.12 bits per heavy atom. The minimum Gasteiger partial charge on any atom is -0.321 e. The van der Waals surface area contributed by atoms with E-state index in [1.165, 1.54) is 52.9 Å². The molecule has 9 nitrogen and oxygen atoms in total. The van der Waals surface area contributed by atoms with Crippen molar-refractivity contribution >= 4 is 33.4 Å². The highest BCUT2D eigenvalue weighted by molar-refractivity contribution is 7.89. The monoisotopic (exact) mass is 466 g/mol. The molecule has 10 heteroatoms.